The van der Waals surface area contributed by atoms with E-state index in [1.54, 1.807) is 0 Å². The molecule has 1 unspecified atom stereocenters. The van der Waals surface area contributed by atoms with Gasteiger partial charge in [-0.3, -0.25) is 0 Å². The highest BCUT2D eigenvalue weighted by molar-refractivity contribution is 5.29. The van der Waals surface area contributed by atoms with Gasteiger partial charge in [-0.2, -0.15) is 0 Å². The third kappa shape index (κ3) is 3.08. The van der Waals surface area contributed by atoms with Crippen molar-refractivity contribution in [3.8, 4) is 0 Å². The van der Waals surface area contributed by atoms with Crippen molar-refractivity contribution in [1.29, 1.82) is 0 Å². The van der Waals surface area contributed by atoms with Crippen molar-refractivity contribution in [2.24, 2.45) is 5.92 Å². The molecule has 0 aliphatic heterocycles. The minimum Gasteiger partial charge on any atom is -0.310 e. The fourth-order valence-corrected chi connectivity index (χ4v) is 2.45. The molecule has 1 rings (SSSR count). The molecule has 16 heavy (non-hydrogen) atoms. The van der Waals surface area contributed by atoms with Crippen molar-refractivity contribution in [3.63, 3.8) is 0 Å². The van der Waals surface area contributed by atoms with Crippen molar-refractivity contribution >= 4 is 0 Å². The summed E-state index contributed by atoms with van der Waals surface area (Å²) >= 11 is 0. The van der Waals surface area contributed by atoms with Gasteiger partial charge in [-0.05, 0) is 30.5 Å². The molecule has 0 bridgehead atoms. The van der Waals surface area contributed by atoms with Gasteiger partial charge in [0.2, 0.25) is 0 Å². The lowest BCUT2D eigenvalue weighted by atomic mass is 9.87. The van der Waals surface area contributed by atoms with Gasteiger partial charge in [0.05, 0.1) is 0 Å². The van der Waals surface area contributed by atoms with Crippen molar-refractivity contribution in [1.82, 2.24) is 5.32 Å². The summed E-state index contributed by atoms with van der Waals surface area (Å²) in [5.74, 6) is 0.737. The molecule has 1 aromatic rings. The molecule has 1 atom stereocenters. The number of hydrogen-bond acceptors (Lipinski definition) is 1. The number of hydrogen-bond donors (Lipinski definition) is 1. The third-order valence-corrected chi connectivity index (χ3v) is 3.47. The van der Waals surface area contributed by atoms with E-state index in [2.05, 4.69) is 57.3 Å². The molecule has 0 aromatic heterocycles. The summed E-state index contributed by atoms with van der Waals surface area (Å²) in [7, 11) is 0. The summed E-state index contributed by atoms with van der Waals surface area (Å²) in [6, 6.07) is 9.26. The van der Waals surface area contributed by atoms with Crippen LogP contribution in [0.1, 0.15) is 50.8 Å². The van der Waals surface area contributed by atoms with E-state index < -0.39 is 0 Å². The molecule has 0 amide bonds. The van der Waals surface area contributed by atoms with Crippen LogP contribution in [0.3, 0.4) is 0 Å². The average Bonchev–Trinajstić information content (AvgIpc) is 2.30. The summed E-state index contributed by atoms with van der Waals surface area (Å²) in [6.45, 7) is 10.0. The summed E-state index contributed by atoms with van der Waals surface area (Å²) in [5.41, 5.74) is 2.87. The Labute approximate surface area is 100 Å². The van der Waals surface area contributed by atoms with E-state index in [1.807, 2.05) is 0 Å². The quantitative estimate of drug-likeness (QED) is 0.760. The molecular weight excluding hydrogens is 194 g/mol. The maximum Gasteiger partial charge on any atom is 0.0350 e. The van der Waals surface area contributed by atoms with Gasteiger partial charge in [0.15, 0.2) is 0 Å². The minimum atomic E-state index is 0.515. The van der Waals surface area contributed by atoms with Crippen molar-refractivity contribution < 1.29 is 0 Å². The van der Waals surface area contributed by atoms with Gasteiger partial charge >= 0.3 is 0 Å². The topological polar surface area (TPSA) is 12.0 Å². The number of nitrogens with one attached hydrogen (secondary N) is 1. The Kier molecular flexibility index (Phi) is 5.54. The van der Waals surface area contributed by atoms with Crippen LogP contribution in [0.15, 0.2) is 24.3 Å². The normalized spacial score (nSPS) is 13.1. The highest BCUT2D eigenvalue weighted by Crippen LogP contribution is 2.29. The Morgan fingerprint density at radius 1 is 1.06 bits per heavy atom. The highest BCUT2D eigenvalue weighted by atomic mass is 14.9. The van der Waals surface area contributed by atoms with Crippen molar-refractivity contribution in [2.75, 3.05) is 6.54 Å². The Morgan fingerprint density at radius 3 is 2.19 bits per heavy atom. The van der Waals surface area contributed by atoms with E-state index in [0.717, 1.165) is 12.5 Å². The second kappa shape index (κ2) is 6.70. The summed E-state index contributed by atoms with van der Waals surface area (Å²) in [6.07, 6.45) is 2.48. The molecule has 0 heterocycles. The predicted octanol–water partition coefficient (Wildman–Crippen LogP) is 4.08. The Morgan fingerprint density at radius 2 is 1.69 bits per heavy atom. The largest absolute Gasteiger partial charge is 0.310 e. The fourth-order valence-electron chi connectivity index (χ4n) is 2.45. The molecule has 1 aromatic carbocycles. The van der Waals surface area contributed by atoms with E-state index in [-0.39, 0.29) is 0 Å². The first-order valence-electron chi connectivity index (χ1n) is 6.53. The first kappa shape index (κ1) is 13.2. The number of rotatable bonds is 6. The van der Waals surface area contributed by atoms with Crippen LogP contribution in [0.25, 0.3) is 0 Å². The molecule has 0 radical (unpaired) electrons. The van der Waals surface area contributed by atoms with Gasteiger partial charge < -0.3 is 5.32 Å². The standard InChI is InChI=1S/C15H25N/c1-5-13(6-2)15(16-7-3)14-11-9-8-10-12(14)4/h8-11,13,15-16H,5-7H2,1-4H3. The van der Waals surface area contributed by atoms with Crippen LogP contribution < -0.4 is 5.32 Å². The third-order valence-electron chi connectivity index (χ3n) is 3.47. The lowest BCUT2D eigenvalue weighted by molar-refractivity contribution is 0.345. The van der Waals surface area contributed by atoms with Gasteiger partial charge in [0, 0.05) is 6.04 Å². The number of benzene rings is 1. The van der Waals surface area contributed by atoms with Gasteiger partial charge in [0.1, 0.15) is 0 Å². The molecule has 1 N–H and O–H groups in total. The van der Waals surface area contributed by atoms with E-state index in [4.69, 9.17) is 0 Å². The van der Waals surface area contributed by atoms with Crippen molar-refractivity contribution in [2.45, 2.75) is 46.6 Å². The van der Waals surface area contributed by atoms with E-state index in [1.165, 1.54) is 24.0 Å². The zero-order chi connectivity index (χ0) is 12.0. The van der Waals surface area contributed by atoms with E-state index in [9.17, 15) is 0 Å². The fraction of sp³-hybridized carbons (Fsp3) is 0.600. The van der Waals surface area contributed by atoms with E-state index in [0.29, 0.717) is 6.04 Å². The summed E-state index contributed by atoms with van der Waals surface area (Å²) in [4.78, 5) is 0. The van der Waals surface area contributed by atoms with Crippen LogP contribution >= 0.6 is 0 Å². The van der Waals surface area contributed by atoms with Gasteiger partial charge in [0.25, 0.3) is 0 Å². The Hall–Kier alpha value is -0.820. The zero-order valence-electron chi connectivity index (χ0n) is 11.1. The van der Waals surface area contributed by atoms with Crippen LogP contribution in [0.2, 0.25) is 0 Å². The second-order valence-electron chi connectivity index (χ2n) is 4.47. The Balaban J connectivity index is 2.97. The highest BCUT2D eigenvalue weighted by Gasteiger charge is 2.20. The predicted molar refractivity (Wildman–Crippen MR) is 71.7 cm³/mol. The molecule has 0 aliphatic rings. The smallest absolute Gasteiger partial charge is 0.0350 e. The van der Waals surface area contributed by atoms with Crippen LogP contribution in [-0.4, -0.2) is 6.54 Å². The maximum absolute atomic E-state index is 3.64. The van der Waals surface area contributed by atoms with Crippen LogP contribution in [0, 0.1) is 12.8 Å². The Bertz CT molecular complexity index is 302. The molecule has 0 fully saturated rings. The summed E-state index contributed by atoms with van der Waals surface area (Å²) in [5, 5.41) is 3.64. The van der Waals surface area contributed by atoms with Crippen molar-refractivity contribution in [3.05, 3.63) is 35.4 Å². The molecule has 0 saturated heterocycles. The van der Waals surface area contributed by atoms with Crippen LogP contribution in [0.4, 0.5) is 0 Å². The SMILES string of the molecule is CCNC(c1ccccc1C)C(CC)CC. The summed E-state index contributed by atoms with van der Waals surface area (Å²) < 4.78 is 0. The maximum atomic E-state index is 3.64. The first-order valence-corrected chi connectivity index (χ1v) is 6.53. The molecule has 0 aliphatic carbocycles. The second-order valence-corrected chi connectivity index (χ2v) is 4.47. The molecule has 1 nitrogen and oxygen atoms in total. The molecule has 1 heteroatoms. The first-order chi connectivity index (χ1) is 7.74. The number of aryl methyl sites for hydroxylation is 1. The molecular formula is C15H25N. The van der Waals surface area contributed by atoms with Gasteiger partial charge in [-0.25, -0.2) is 0 Å². The molecule has 0 spiro atoms. The van der Waals surface area contributed by atoms with E-state index >= 15 is 0 Å². The molecule has 90 valence electrons. The zero-order valence-corrected chi connectivity index (χ0v) is 11.1. The van der Waals surface area contributed by atoms with Gasteiger partial charge in [-0.15, -0.1) is 0 Å². The minimum absolute atomic E-state index is 0.515. The van der Waals surface area contributed by atoms with Gasteiger partial charge in [-0.1, -0.05) is 57.9 Å². The van der Waals surface area contributed by atoms with Crippen LogP contribution in [0.5, 0.6) is 0 Å². The lowest BCUT2D eigenvalue weighted by Gasteiger charge is -2.28. The molecule has 0 saturated carbocycles. The average molecular weight is 219 g/mol. The van der Waals surface area contributed by atoms with Crippen LogP contribution in [-0.2, 0) is 0 Å². The lowest BCUT2D eigenvalue weighted by Crippen LogP contribution is -2.28. The monoisotopic (exact) mass is 219 g/mol.